The molecule has 0 bridgehead atoms. The Kier molecular flexibility index (Phi) is 4.04. The summed E-state index contributed by atoms with van der Waals surface area (Å²) in [5.41, 5.74) is -1.53. The fourth-order valence-electron chi connectivity index (χ4n) is 2.80. The van der Waals surface area contributed by atoms with Gasteiger partial charge in [-0.05, 0) is 31.9 Å². The van der Waals surface area contributed by atoms with Crippen LogP contribution in [0.4, 0.5) is 13.2 Å². The zero-order valence-corrected chi connectivity index (χ0v) is 11.2. The second kappa shape index (κ2) is 5.44. The lowest BCUT2D eigenvalue weighted by Crippen LogP contribution is -2.47. The fraction of sp³-hybridized carbons (Fsp3) is 0.692. The second-order valence-electron chi connectivity index (χ2n) is 5.15. The Bertz CT molecular complexity index is 498. The Morgan fingerprint density at radius 2 is 2.35 bits per heavy atom. The van der Waals surface area contributed by atoms with E-state index in [-0.39, 0.29) is 6.04 Å². The molecule has 2 unspecified atom stereocenters. The second-order valence-corrected chi connectivity index (χ2v) is 5.15. The summed E-state index contributed by atoms with van der Waals surface area (Å²) in [6.45, 7) is 2.57. The lowest BCUT2D eigenvalue weighted by Gasteiger charge is -2.36. The third kappa shape index (κ3) is 2.96. The van der Waals surface area contributed by atoms with Crippen molar-refractivity contribution in [2.75, 3.05) is 6.54 Å². The van der Waals surface area contributed by atoms with E-state index in [4.69, 9.17) is 0 Å². The molecule has 1 aliphatic rings. The van der Waals surface area contributed by atoms with E-state index in [0.29, 0.717) is 13.0 Å². The van der Waals surface area contributed by atoms with Crippen LogP contribution >= 0.6 is 0 Å². The van der Waals surface area contributed by atoms with Gasteiger partial charge in [0.25, 0.3) is 0 Å². The Labute approximate surface area is 115 Å². The molecule has 0 spiro atoms. The quantitative estimate of drug-likeness (QED) is 0.929. The van der Waals surface area contributed by atoms with Gasteiger partial charge in [-0.15, -0.1) is 0 Å². The minimum atomic E-state index is -4.42. The number of hydrogen-bond donors (Lipinski definition) is 1. The molecule has 1 heterocycles. The molecule has 1 saturated carbocycles. The van der Waals surface area contributed by atoms with Crippen molar-refractivity contribution in [2.24, 2.45) is 0 Å². The van der Waals surface area contributed by atoms with Gasteiger partial charge in [-0.2, -0.15) is 23.5 Å². The normalized spacial score (nSPS) is 27.2. The highest BCUT2D eigenvalue weighted by molar-refractivity contribution is 5.11. The van der Waals surface area contributed by atoms with Crippen LogP contribution in [0.25, 0.3) is 0 Å². The van der Waals surface area contributed by atoms with E-state index in [0.717, 1.165) is 25.3 Å². The topological polar surface area (TPSA) is 53.6 Å². The van der Waals surface area contributed by atoms with Gasteiger partial charge in [0.2, 0.25) is 0 Å². The minimum absolute atomic E-state index is 0.168. The Balaban J connectivity index is 2.17. The number of aromatic nitrogens is 2. The molecule has 0 radical (unpaired) electrons. The van der Waals surface area contributed by atoms with Crippen LogP contribution in [0.15, 0.2) is 12.3 Å². The minimum Gasteiger partial charge on any atom is -0.300 e. The van der Waals surface area contributed by atoms with Gasteiger partial charge in [0.05, 0.1) is 12.1 Å². The summed E-state index contributed by atoms with van der Waals surface area (Å²) < 4.78 is 39.1. The SMILES string of the molecule is CCNC1(C#N)CCCC(n2ccc(C(F)(F)F)n2)C1. The highest BCUT2D eigenvalue weighted by atomic mass is 19.4. The van der Waals surface area contributed by atoms with Gasteiger partial charge in [-0.3, -0.25) is 10.00 Å². The number of halogens is 3. The summed E-state index contributed by atoms with van der Waals surface area (Å²) >= 11 is 0. The lowest BCUT2D eigenvalue weighted by molar-refractivity contribution is -0.141. The molecule has 110 valence electrons. The molecule has 1 aromatic heterocycles. The van der Waals surface area contributed by atoms with Crippen LogP contribution in [0.2, 0.25) is 0 Å². The smallest absolute Gasteiger partial charge is 0.300 e. The largest absolute Gasteiger partial charge is 0.435 e. The van der Waals surface area contributed by atoms with Crippen molar-refractivity contribution >= 4 is 0 Å². The van der Waals surface area contributed by atoms with Gasteiger partial charge in [0.15, 0.2) is 5.69 Å². The number of rotatable bonds is 3. The van der Waals surface area contributed by atoms with Crippen LogP contribution in [-0.4, -0.2) is 21.9 Å². The summed E-state index contributed by atoms with van der Waals surface area (Å²) in [4.78, 5) is 0. The molecule has 1 aliphatic carbocycles. The highest BCUT2D eigenvalue weighted by Gasteiger charge is 2.38. The molecule has 1 aromatic rings. The molecule has 1 fully saturated rings. The van der Waals surface area contributed by atoms with E-state index in [1.54, 1.807) is 0 Å². The van der Waals surface area contributed by atoms with Gasteiger partial charge < -0.3 is 0 Å². The molecular weight excluding hydrogens is 269 g/mol. The van der Waals surface area contributed by atoms with Crippen molar-refractivity contribution < 1.29 is 13.2 Å². The first-order valence-electron chi connectivity index (χ1n) is 6.69. The Morgan fingerprint density at radius 3 is 2.90 bits per heavy atom. The molecule has 1 N–H and O–H groups in total. The van der Waals surface area contributed by atoms with Crippen LogP contribution < -0.4 is 5.32 Å². The summed E-state index contributed by atoms with van der Waals surface area (Å²) in [7, 11) is 0. The van der Waals surface area contributed by atoms with Crippen LogP contribution in [0.1, 0.15) is 44.3 Å². The van der Waals surface area contributed by atoms with E-state index >= 15 is 0 Å². The molecular formula is C13H17F3N4. The summed E-state index contributed by atoms with van der Waals surface area (Å²) in [5, 5.41) is 16.1. The van der Waals surface area contributed by atoms with E-state index in [1.807, 2.05) is 6.92 Å². The van der Waals surface area contributed by atoms with E-state index in [9.17, 15) is 18.4 Å². The Morgan fingerprint density at radius 1 is 1.60 bits per heavy atom. The Hall–Kier alpha value is -1.55. The molecule has 0 amide bonds. The number of nitriles is 1. The number of nitrogens with one attached hydrogen (secondary N) is 1. The third-order valence-corrected chi connectivity index (χ3v) is 3.73. The molecule has 0 saturated heterocycles. The molecule has 2 atom stereocenters. The van der Waals surface area contributed by atoms with E-state index in [2.05, 4.69) is 16.5 Å². The van der Waals surface area contributed by atoms with Crippen molar-refractivity contribution in [1.82, 2.24) is 15.1 Å². The molecule has 20 heavy (non-hydrogen) atoms. The summed E-state index contributed by atoms with van der Waals surface area (Å²) in [5.74, 6) is 0. The number of hydrogen-bond acceptors (Lipinski definition) is 3. The standard InChI is InChI=1S/C13H17F3N4/c1-2-18-12(9-17)6-3-4-10(8-12)20-7-5-11(19-20)13(14,15)16/h5,7,10,18H,2-4,6,8H2,1H3. The summed E-state index contributed by atoms with van der Waals surface area (Å²) in [6.07, 6.45) is -0.321. The first kappa shape index (κ1) is 14.9. The van der Waals surface area contributed by atoms with Gasteiger partial charge in [-0.1, -0.05) is 6.92 Å². The van der Waals surface area contributed by atoms with Crippen molar-refractivity contribution in [3.05, 3.63) is 18.0 Å². The van der Waals surface area contributed by atoms with Gasteiger partial charge in [-0.25, -0.2) is 0 Å². The predicted molar refractivity (Wildman–Crippen MR) is 66.8 cm³/mol. The molecule has 2 rings (SSSR count). The predicted octanol–water partition coefficient (Wildman–Crippen LogP) is 2.89. The van der Waals surface area contributed by atoms with E-state index in [1.165, 1.54) is 10.9 Å². The summed E-state index contributed by atoms with van der Waals surface area (Å²) in [6, 6.07) is 3.09. The zero-order chi connectivity index (χ0) is 14.8. The maximum atomic E-state index is 12.6. The van der Waals surface area contributed by atoms with Gasteiger partial charge >= 0.3 is 6.18 Å². The lowest BCUT2D eigenvalue weighted by atomic mass is 9.80. The van der Waals surface area contributed by atoms with Crippen LogP contribution in [0, 0.1) is 11.3 Å². The average Bonchev–Trinajstić information content (AvgIpc) is 2.89. The first-order chi connectivity index (χ1) is 9.40. The maximum absolute atomic E-state index is 12.6. The first-order valence-corrected chi connectivity index (χ1v) is 6.69. The van der Waals surface area contributed by atoms with Gasteiger partial charge in [0.1, 0.15) is 5.54 Å². The maximum Gasteiger partial charge on any atom is 0.435 e. The molecule has 0 aromatic carbocycles. The van der Waals surface area contributed by atoms with Gasteiger partial charge in [0, 0.05) is 12.6 Å². The fourth-order valence-corrected chi connectivity index (χ4v) is 2.80. The third-order valence-electron chi connectivity index (χ3n) is 3.73. The highest BCUT2D eigenvalue weighted by Crippen LogP contribution is 2.36. The van der Waals surface area contributed by atoms with E-state index < -0.39 is 17.4 Å². The number of alkyl halides is 3. The van der Waals surface area contributed by atoms with Crippen LogP contribution in [0.5, 0.6) is 0 Å². The van der Waals surface area contributed by atoms with Crippen molar-refractivity contribution in [3.63, 3.8) is 0 Å². The van der Waals surface area contributed by atoms with Crippen LogP contribution in [0.3, 0.4) is 0 Å². The molecule has 7 heteroatoms. The average molecular weight is 286 g/mol. The van der Waals surface area contributed by atoms with Crippen molar-refractivity contribution in [3.8, 4) is 6.07 Å². The monoisotopic (exact) mass is 286 g/mol. The zero-order valence-electron chi connectivity index (χ0n) is 11.2. The molecule has 0 aliphatic heterocycles. The van der Waals surface area contributed by atoms with Crippen molar-refractivity contribution in [2.45, 2.75) is 50.4 Å². The number of nitrogens with zero attached hydrogens (tertiary/aromatic N) is 3. The molecule has 4 nitrogen and oxygen atoms in total. The van der Waals surface area contributed by atoms with Crippen molar-refractivity contribution in [1.29, 1.82) is 5.26 Å². The van der Waals surface area contributed by atoms with Crippen LogP contribution in [-0.2, 0) is 6.18 Å².